The van der Waals surface area contributed by atoms with Crippen LogP contribution in [0.5, 0.6) is 0 Å². The number of Topliss-reactive ketones (excluding diaryl/α,β-unsaturated/α-hetero) is 1. The normalized spacial score (nSPS) is 11.2. The van der Waals surface area contributed by atoms with Crippen molar-refractivity contribution in [3.63, 3.8) is 0 Å². The zero-order valence-electron chi connectivity index (χ0n) is 10.9. The van der Waals surface area contributed by atoms with E-state index in [4.69, 9.17) is 0 Å². The fourth-order valence-corrected chi connectivity index (χ4v) is 1.63. The number of carbonyl (C=O) groups excluding carboxylic acids is 1. The Morgan fingerprint density at radius 3 is 2.45 bits per heavy atom. The van der Waals surface area contributed by atoms with Crippen molar-refractivity contribution >= 4 is 17.2 Å². The molecule has 0 aliphatic rings. The van der Waals surface area contributed by atoms with Crippen molar-refractivity contribution < 1.29 is 22.9 Å². The number of nitro groups is 1. The molecule has 5 nitrogen and oxygen atoms in total. The van der Waals surface area contributed by atoms with Crippen LogP contribution in [-0.4, -0.2) is 30.5 Å². The molecular formula is C12H13F3N2O3. The molecule has 1 aromatic carbocycles. The Balaban J connectivity index is 3.00. The van der Waals surface area contributed by atoms with E-state index in [0.29, 0.717) is 5.69 Å². The van der Waals surface area contributed by atoms with E-state index in [1.54, 1.807) is 0 Å². The van der Waals surface area contributed by atoms with Gasteiger partial charge in [0.15, 0.2) is 5.78 Å². The molecule has 0 radical (unpaired) electrons. The van der Waals surface area contributed by atoms with Gasteiger partial charge in [-0.25, -0.2) is 0 Å². The Labute approximate surface area is 113 Å². The molecule has 0 heterocycles. The molecule has 0 aliphatic carbocycles. The van der Waals surface area contributed by atoms with Gasteiger partial charge in [-0.15, -0.1) is 0 Å². The monoisotopic (exact) mass is 290 g/mol. The summed E-state index contributed by atoms with van der Waals surface area (Å²) in [5, 5.41) is 10.8. The molecule has 0 spiro atoms. The highest BCUT2D eigenvalue weighted by atomic mass is 19.4. The number of anilines is 1. The summed E-state index contributed by atoms with van der Waals surface area (Å²) in [6.45, 7) is 0.875. The lowest BCUT2D eigenvalue weighted by molar-refractivity contribution is -0.385. The SMILES string of the molecule is CC(=O)c1cc(N(C)CCC(F)(F)F)ccc1[N+](=O)[O-]. The number of hydrogen-bond donors (Lipinski definition) is 0. The lowest BCUT2D eigenvalue weighted by Crippen LogP contribution is -2.24. The average Bonchev–Trinajstić information content (AvgIpc) is 2.34. The second kappa shape index (κ2) is 5.89. The van der Waals surface area contributed by atoms with Crippen LogP contribution in [0.4, 0.5) is 24.5 Å². The lowest BCUT2D eigenvalue weighted by Gasteiger charge is -2.20. The molecule has 8 heteroatoms. The lowest BCUT2D eigenvalue weighted by atomic mass is 10.1. The summed E-state index contributed by atoms with van der Waals surface area (Å²) in [5.74, 6) is -0.511. The number of nitrogens with zero attached hydrogens (tertiary/aromatic N) is 2. The first-order valence-electron chi connectivity index (χ1n) is 5.69. The van der Waals surface area contributed by atoms with Gasteiger partial charge in [-0.3, -0.25) is 14.9 Å². The van der Waals surface area contributed by atoms with Crippen LogP contribution < -0.4 is 4.90 Å². The fraction of sp³-hybridized carbons (Fsp3) is 0.417. The van der Waals surface area contributed by atoms with Crippen molar-refractivity contribution in [2.75, 3.05) is 18.5 Å². The maximum Gasteiger partial charge on any atom is 0.390 e. The summed E-state index contributed by atoms with van der Waals surface area (Å²) in [7, 11) is 1.43. The second-order valence-corrected chi connectivity index (χ2v) is 4.30. The largest absolute Gasteiger partial charge is 0.390 e. The molecule has 0 unspecified atom stereocenters. The number of alkyl halides is 3. The van der Waals surface area contributed by atoms with E-state index in [0.717, 1.165) is 6.07 Å². The Bertz CT molecular complexity index is 529. The van der Waals surface area contributed by atoms with Crippen LogP contribution in [0.3, 0.4) is 0 Å². The van der Waals surface area contributed by atoms with Crippen LogP contribution in [0.15, 0.2) is 18.2 Å². The molecule has 0 atom stereocenters. The molecule has 0 saturated carbocycles. The van der Waals surface area contributed by atoms with E-state index in [2.05, 4.69) is 0 Å². The summed E-state index contributed by atoms with van der Waals surface area (Å²) < 4.78 is 36.4. The average molecular weight is 290 g/mol. The van der Waals surface area contributed by atoms with Crippen molar-refractivity contribution in [2.45, 2.75) is 19.5 Å². The summed E-state index contributed by atoms with van der Waals surface area (Å²) in [4.78, 5) is 22.7. The molecule has 0 aliphatic heterocycles. The van der Waals surface area contributed by atoms with Crippen molar-refractivity contribution in [2.24, 2.45) is 0 Å². The molecule has 1 rings (SSSR count). The zero-order chi connectivity index (χ0) is 15.5. The molecule has 0 aromatic heterocycles. The Morgan fingerprint density at radius 2 is 2.00 bits per heavy atom. The first-order chi connectivity index (χ1) is 9.11. The molecule has 0 N–H and O–H groups in total. The smallest absolute Gasteiger partial charge is 0.374 e. The van der Waals surface area contributed by atoms with Gasteiger partial charge >= 0.3 is 6.18 Å². The van der Waals surface area contributed by atoms with Crippen molar-refractivity contribution in [3.8, 4) is 0 Å². The minimum Gasteiger partial charge on any atom is -0.374 e. The highest BCUT2D eigenvalue weighted by Crippen LogP contribution is 2.26. The second-order valence-electron chi connectivity index (χ2n) is 4.30. The van der Waals surface area contributed by atoms with Gasteiger partial charge in [0.05, 0.1) is 16.9 Å². The first-order valence-corrected chi connectivity index (χ1v) is 5.69. The standard InChI is InChI=1S/C12H13F3N2O3/c1-8(18)10-7-9(3-4-11(10)17(19)20)16(2)6-5-12(13,14)15/h3-4,7H,5-6H2,1-2H3. The van der Waals surface area contributed by atoms with E-state index in [-0.39, 0.29) is 17.8 Å². The number of rotatable bonds is 5. The first kappa shape index (κ1) is 15.9. The van der Waals surface area contributed by atoms with E-state index in [9.17, 15) is 28.1 Å². The van der Waals surface area contributed by atoms with Crippen LogP contribution in [0.2, 0.25) is 0 Å². The molecule has 0 amide bonds. The molecule has 110 valence electrons. The van der Waals surface area contributed by atoms with Crippen LogP contribution in [0.25, 0.3) is 0 Å². The van der Waals surface area contributed by atoms with Gasteiger partial charge in [0.2, 0.25) is 0 Å². The highest BCUT2D eigenvalue weighted by Gasteiger charge is 2.27. The number of hydrogen-bond acceptors (Lipinski definition) is 4. The van der Waals surface area contributed by atoms with Crippen molar-refractivity contribution in [3.05, 3.63) is 33.9 Å². The van der Waals surface area contributed by atoms with Gasteiger partial charge in [-0.2, -0.15) is 13.2 Å². The van der Waals surface area contributed by atoms with Crippen LogP contribution in [0.1, 0.15) is 23.7 Å². The van der Waals surface area contributed by atoms with Gasteiger partial charge in [0.25, 0.3) is 5.69 Å². The predicted molar refractivity (Wildman–Crippen MR) is 67.0 cm³/mol. The molecule has 0 bridgehead atoms. The molecule has 1 aromatic rings. The molecular weight excluding hydrogens is 277 g/mol. The van der Waals surface area contributed by atoms with Gasteiger partial charge < -0.3 is 4.90 Å². The summed E-state index contributed by atoms with van der Waals surface area (Å²) >= 11 is 0. The summed E-state index contributed by atoms with van der Waals surface area (Å²) in [6.07, 6.45) is -5.28. The van der Waals surface area contributed by atoms with Crippen molar-refractivity contribution in [1.29, 1.82) is 0 Å². The van der Waals surface area contributed by atoms with Crippen molar-refractivity contribution in [1.82, 2.24) is 0 Å². The zero-order valence-corrected chi connectivity index (χ0v) is 10.9. The molecule has 0 saturated heterocycles. The number of carbonyl (C=O) groups is 1. The quantitative estimate of drug-likeness (QED) is 0.474. The third kappa shape index (κ3) is 4.22. The van der Waals surface area contributed by atoms with Gasteiger partial charge in [-0.05, 0) is 19.1 Å². The Hall–Kier alpha value is -2.12. The van der Waals surface area contributed by atoms with Crippen LogP contribution in [0, 0.1) is 10.1 Å². The number of nitro benzene ring substituents is 1. The molecule has 0 fully saturated rings. The minimum absolute atomic E-state index is 0.119. The van der Waals surface area contributed by atoms with Gasteiger partial charge in [0, 0.05) is 25.3 Å². The number of benzene rings is 1. The van der Waals surface area contributed by atoms with E-state index in [1.165, 1.54) is 31.0 Å². The van der Waals surface area contributed by atoms with Gasteiger partial charge in [-0.1, -0.05) is 0 Å². The highest BCUT2D eigenvalue weighted by molar-refractivity contribution is 5.99. The third-order valence-corrected chi connectivity index (χ3v) is 2.73. The topological polar surface area (TPSA) is 63.5 Å². The van der Waals surface area contributed by atoms with Crippen LogP contribution in [-0.2, 0) is 0 Å². The van der Waals surface area contributed by atoms with E-state index < -0.39 is 23.3 Å². The Kier molecular flexibility index (Phi) is 4.69. The Morgan fingerprint density at radius 1 is 1.40 bits per heavy atom. The van der Waals surface area contributed by atoms with Gasteiger partial charge in [0.1, 0.15) is 0 Å². The summed E-state index contributed by atoms with van der Waals surface area (Å²) in [6, 6.07) is 3.67. The van der Waals surface area contributed by atoms with E-state index >= 15 is 0 Å². The predicted octanol–water partition coefficient (Wildman–Crippen LogP) is 3.19. The maximum absolute atomic E-state index is 12.1. The van der Waals surface area contributed by atoms with E-state index in [1.807, 2.05) is 0 Å². The van der Waals surface area contributed by atoms with Crippen LogP contribution >= 0.6 is 0 Å². The third-order valence-electron chi connectivity index (χ3n) is 2.73. The molecule has 20 heavy (non-hydrogen) atoms. The minimum atomic E-state index is -4.28. The number of halogens is 3. The maximum atomic E-state index is 12.1. The number of ketones is 1. The summed E-state index contributed by atoms with van der Waals surface area (Å²) in [5.41, 5.74) is -0.151. The fourth-order valence-electron chi connectivity index (χ4n) is 1.63.